The van der Waals surface area contributed by atoms with Crippen molar-refractivity contribution in [1.29, 1.82) is 0 Å². The molecule has 1 aromatic rings. The fourth-order valence-corrected chi connectivity index (χ4v) is 4.19. The van der Waals surface area contributed by atoms with Crippen molar-refractivity contribution >= 4 is 5.91 Å². The maximum atomic E-state index is 12.9. The van der Waals surface area contributed by atoms with E-state index in [1.54, 1.807) is 0 Å². The third-order valence-electron chi connectivity index (χ3n) is 5.82. The predicted octanol–water partition coefficient (Wildman–Crippen LogP) is 2.71. The number of nitrogens with zero attached hydrogens (tertiary/aromatic N) is 1. The highest BCUT2D eigenvalue weighted by atomic mass is 16.3. The Morgan fingerprint density at radius 3 is 2.46 bits per heavy atom. The lowest BCUT2D eigenvalue weighted by molar-refractivity contribution is -0.136. The van der Waals surface area contributed by atoms with Crippen molar-refractivity contribution in [3.05, 3.63) is 35.9 Å². The molecule has 3 rings (SSSR count). The number of nitrogens with one attached hydrogen (secondary N) is 1. The third kappa shape index (κ3) is 4.17. The van der Waals surface area contributed by atoms with Crippen molar-refractivity contribution in [3.8, 4) is 0 Å². The SMILES string of the molecule is O=C(NC1CCCC1)C1(CCO)CCN(Cc2ccccc2)CC1. The molecule has 0 atom stereocenters. The van der Waals surface area contributed by atoms with Crippen molar-refractivity contribution in [2.24, 2.45) is 5.41 Å². The van der Waals surface area contributed by atoms with Crippen LogP contribution in [0.15, 0.2) is 30.3 Å². The third-order valence-corrected chi connectivity index (χ3v) is 5.82. The molecule has 4 nitrogen and oxygen atoms in total. The Kier molecular flexibility index (Phi) is 5.90. The van der Waals surface area contributed by atoms with E-state index in [0.29, 0.717) is 12.5 Å². The van der Waals surface area contributed by atoms with Gasteiger partial charge in [-0.2, -0.15) is 0 Å². The molecular formula is C20H30N2O2. The van der Waals surface area contributed by atoms with Crippen LogP contribution in [-0.2, 0) is 11.3 Å². The van der Waals surface area contributed by atoms with Crippen molar-refractivity contribution < 1.29 is 9.90 Å². The lowest BCUT2D eigenvalue weighted by Gasteiger charge is -2.41. The van der Waals surface area contributed by atoms with E-state index in [1.165, 1.54) is 18.4 Å². The summed E-state index contributed by atoms with van der Waals surface area (Å²) in [6.45, 7) is 2.89. The molecule has 24 heavy (non-hydrogen) atoms. The van der Waals surface area contributed by atoms with Crippen LogP contribution in [0.5, 0.6) is 0 Å². The topological polar surface area (TPSA) is 52.6 Å². The molecule has 2 N–H and O–H groups in total. The maximum Gasteiger partial charge on any atom is 0.226 e. The number of hydrogen-bond donors (Lipinski definition) is 2. The lowest BCUT2D eigenvalue weighted by Crippen LogP contribution is -2.51. The van der Waals surface area contributed by atoms with Gasteiger partial charge in [-0.1, -0.05) is 43.2 Å². The molecule has 1 aliphatic carbocycles. The van der Waals surface area contributed by atoms with Crippen LogP contribution in [0.2, 0.25) is 0 Å². The minimum atomic E-state index is -0.371. The summed E-state index contributed by atoms with van der Waals surface area (Å²) in [6.07, 6.45) is 6.95. The minimum Gasteiger partial charge on any atom is -0.396 e. The van der Waals surface area contributed by atoms with Crippen molar-refractivity contribution in [1.82, 2.24) is 10.2 Å². The smallest absolute Gasteiger partial charge is 0.226 e. The largest absolute Gasteiger partial charge is 0.396 e. The van der Waals surface area contributed by atoms with E-state index in [-0.39, 0.29) is 17.9 Å². The van der Waals surface area contributed by atoms with Gasteiger partial charge in [0, 0.05) is 19.2 Å². The van der Waals surface area contributed by atoms with Crippen LogP contribution < -0.4 is 5.32 Å². The standard InChI is InChI=1S/C20H30N2O2/c23-15-12-20(19(24)21-18-8-4-5-9-18)10-13-22(14-11-20)16-17-6-2-1-3-7-17/h1-3,6-7,18,23H,4-5,8-16H2,(H,21,24). The molecule has 0 radical (unpaired) electrons. The van der Waals surface area contributed by atoms with Crippen LogP contribution in [0.1, 0.15) is 50.5 Å². The number of likely N-dealkylation sites (tertiary alicyclic amines) is 1. The monoisotopic (exact) mass is 330 g/mol. The first-order valence-corrected chi connectivity index (χ1v) is 9.40. The first-order chi connectivity index (χ1) is 11.7. The summed E-state index contributed by atoms with van der Waals surface area (Å²) >= 11 is 0. The molecule has 2 aliphatic rings. The van der Waals surface area contributed by atoms with E-state index in [9.17, 15) is 9.90 Å². The molecule has 1 aromatic carbocycles. The number of rotatable bonds is 6. The molecule has 2 fully saturated rings. The average molecular weight is 330 g/mol. The van der Waals surface area contributed by atoms with Crippen LogP contribution >= 0.6 is 0 Å². The predicted molar refractivity (Wildman–Crippen MR) is 95.5 cm³/mol. The summed E-state index contributed by atoms with van der Waals surface area (Å²) in [5.41, 5.74) is 0.951. The zero-order valence-corrected chi connectivity index (χ0v) is 14.5. The molecule has 0 unspecified atom stereocenters. The van der Waals surface area contributed by atoms with Crippen molar-refractivity contribution in [2.45, 2.75) is 57.5 Å². The van der Waals surface area contributed by atoms with E-state index in [1.807, 2.05) is 6.07 Å². The number of carbonyl (C=O) groups excluding carboxylic acids is 1. The molecule has 0 aromatic heterocycles. The Hall–Kier alpha value is -1.39. The van der Waals surface area contributed by atoms with E-state index < -0.39 is 0 Å². The summed E-state index contributed by atoms with van der Waals surface area (Å²) in [4.78, 5) is 15.3. The number of benzene rings is 1. The van der Waals surface area contributed by atoms with Crippen LogP contribution in [0, 0.1) is 5.41 Å². The molecule has 0 bridgehead atoms. The zero-order chi connectivity index (χ0) is 16.8. The summed E-state index contributed by atoms with van der Waals surface area (Å²) in [5.74, 6) is 0.183. The van der Waals surface area contributed by atoms with Gasteiger partial charge in [0.05, 0.1) is 5.41 Å². The summed E-state index contributed by atoms with van der Waals surface area (Å²) in [5, 5.41) is 12.8. The molecule has 0 spiro atoms. The van der Waals surface area contributed by atoms with E-state index in [0.717, 1.165) is 45.3 Å². The van der Waals surface area contributed by atoms with Gasteiger partial charge in [-0.05, 0) is 50.8 Å². The van der Waals surface area contributed by atoms with Gasteiger partial charge in [0.25, 0.3) is 0 Å². The zero-order valence-electron chi connectivity index (χ0n) is 14.5. The van der Waals surface area contributed by atoms with Gasteiger partial charge in [0.2, 0.25) is 5.91 Å². The van der Waals surface area contributed by atoms with Gasteiger partial charge in [0.1, 0.15) is 0 Å². The normalized spacial score (nSPS) is 21.7. The van der Waals surface area contributed by atoms with Crippen LogP contribution in [0.3, 0.4) is 0 Å². The van der Waals surface area contributed by atoms with Crippen molar-refractivity contribution in [2.75, 3.05) is 19.7 Å². The van der Waals surface area contributed by atoms with Crippen LogP contribution in [0.25, 0.3) is 0 Å². The maximum absolute atomic E-state index is 12.9. The Morgan fingerprint density at radius 2 is 1.83 bits per heavy atom. The molecule has 1 aliphatic heterocycles. The Labute approximate surface area is 145 Å². The summed E-state index contributed by atoms with van der Waals surface area (Å²) in [6, 6.07) is 10.9. The second-order valence-electron chi connectivity index (χ2n) is 7.47. The first-order valence-electron chi connectivity index (χ1n) is 9.40. The molecule has 1 saturated carbocycles. The number of aliphatic hydroxyl groups is 1. The quantitative estimate of drug-likeness (QED) is 0.843. The van der Waals surface area contributed by atoms with E-state index >= 15 is 0 Å². The molecule has 1 amide bonds. The van der Waals surface area contributed by atoms with Crippen molar-refractivity contribution in [3.63, 3.8) is 0 Å². The molecule has 132 valence electrons. The van der Waals surface area contributed by atoms with Gasteiger partial charge in [-0.25, -0.2) is 0 Å². The highest BCUT2D eigenvalue weighted by molar-refractivity contribution is 5.83. The van der Waals surface area contributed by atoms with Gasteiger partial charge in [0.15, 0.2) is 0 Å². The van der Waals surface area contributed by atoms with Crippen LogP contribution in [-0.4, -0.2) is 41.7 Å². The molecule has 4 heteroatoms. The Morgan fingerprint density at radius 1 is 1.17 bits per heavy atom. The second-order valence-corrected chi connectivity index (χ2v) is 7.47. The Balaban J connectivity index is 1.57. The lowest BCUT2D eigenvalue weighted by atomic mass is 9.74. The van der Waals surface area contributed by atoms with Gasteiger partial charge >= 0.3 is 0 Å². The van der Waals surface area contributed by atoms with Gasteiger partial charge in [-0.3, -0.25) is 9.69 Å². The highest BCUT2D eigenvalue weighted by Crippen LogP contribution is 2.36. The summed E-state index contributed by atoms with van der Waals surface area (Å²) < 4.78 is 0. The number of piperidine rings is 1. The van der Waals surface area contributed by atoms with E-state index in [4.69, 9.17) is 0 Å². The van der Waals surface area contributed by atoms with E-state index in [2.05, 4.69) is 34.5 Å². The number of aliphatic hydroxyl groups excluding tert-OH is 1. The fraction of sp³-hybridized carbons (Fsp3) is 0.650. The number of hydrogen-bond acceptors (Lipinski definition) is 3. The molecule has 1 heterocycles. The second kappa shape index (κ2) is 8.13. The fourth-order valence-electron chi connectivity index (χ4n) is 4.19. The molecular weight excluding hydrogens is 300 g/mol. The Bertz CT molecular complexity index is 518. The summed E-state index contributed by atoms with van der Waals surface area (Å²) in [7, 11) is 0. The van der Waals surface area contributed by atoms with Gasteiger partial charge in [-0.15, -0.1) is 0 Å². The number of amides is 1. The molecule has 1 saturated heterocycles. The first kappa shape index (κ1) is 17.4. The van der Waals surface area contributed by atoms with Gasteiger partial charge < -0.3 is 10.4 Å². The average Bonchev–Trinajstić information content (AvgIpc) is 3.11. The van der Waals surface area contributed by atoms with Crippen LogP contribution in [0.4, 0.5) is 0 Å². The minimum absolute atomic E-state index is 0.0940. The number of carbonyl (C=O) groups is 1. The highest BCUT2D eigenvalue weighted by Gasteiger charge is 2.41.